The fraction of sp³-hybridized carbons (Fsp3) is 0.500. The summed E-state index contributed by atoms with van der Waals surface area (Å²) < 4.78 is 5.62. The summed E-state index contributed by atoms with van der Waals surface area (Å²) in [5.74, 6) is 0.460. The Hall–Kier alpha value is -1.55. The maximum Gasteiger partial charge on any atom is 0.261 e. The van der Waals surface area contributed by atoms with Crippen LogP contribution in [0.2, 0.25) is 0 Å². The lowest BCUT2D eigenvalue weighted by atomic mass is 10.1. The largest absolute Gasteiger partial charge is 0.481 e. The molecule has 0 aromatic heterocycles. The summed E-state index contributed by atoms with van der Waals surface area (Å²) in [6.07, 6.45) is 0.0284. The van der Waals surface area contributed by atoms with Gasteiger partial charge in [-0.3, -0.25) is 4.79 Å². The zero-order chi connectivity index (χ0) is 13.6. The van der Waals surface area contributed by atoms with E-state index >= 15 is 0 Å². The quantitative estimate of drug-likeness (QED) is 0.809. The van der Waals surface area contributed by atoms with Gasteiger partial charge in [-0.15, -0.1) is 0 Å². The molecule has 0 aliphatic heterocycles. The maximum absolute atomic E-state index is 12.0. The Kier molecular flexibility index (Phi) is 5.16. The van der Waals surface area contributed by atoms with Gasteiger partial charge in [0.1, 0.15) is 5.75 Å². The SMILES string of the molecule is CCC(Oc1ccccc1)C(=O)NC(C)(C)CO. The van der Waals surface area contributed by atoms with E-state index in [9.17, 15) is 4.79 Å². The number of benzene rings is 1. The van der Waals surface area contributed by atoms with Crippen LogP contribution in [0.1, 0.15) is 27.2 Å². The van der Waals surface area contributed by atoms with Crippen LogP contribution in [0, 0.1) is 0 Å². The number of aliphatic hydroxyl groups is 1. The summed E-state index contributed by atoms with van der Waals surface area (Å²) in [5.41, 5.74) is -0.634. The molecule has 4 nitrogen and oxygen atoms in total. The van der Waals surface area contributed by atoms with Gasteiger partial charge >= 0.3 is 0 Å². The number of hydrogen-bond acceptors (Lipinski definition) is 3. The van der Waals surface area contributed by atoms with Crippen LogP contribution in [0.25, 0.3) is 0 Å². The Balaban J connectivity index is 2.64. The van der Waals surface area contributed by atoms with Crippen LogP contribution in [0.3, 0.4) is 0 Å². The van der Waals surface area contributed by atoms with E-state index in [-0.39, 0.29) is 12.5 Å². The second-order valence-corrected chi connectivity index (χ2v) is 4.86. The molecule has 18 heavy (non-hydrogen) atoms. The molecule has 0 spiro atoms. The van der Waals surface area contributed by atoms with E-state index in [1.165, 1.54) is 0 Å². The molecule has 1 rings (SSSR count). The minimum absolute atomic E-state index is 0.111. The topological polar surface area (TPSA) is 58.6 Å². The summed E-state index contributed by atoms with van der Waals surface area (Å²) in [4.78, 5) is 12.0. The Morgan fingerprint density at radius 3 is 2.50 bits per heavy atom. The van der Waals surface area contributed by atoms with Crippen molar-refractivity contribution in [3.63, 3.8) is 0 Å². The monoisotopic (exact) mass is 251 g/mol. The molecule has 0 radical (unpaired) electrons. The van der Waals surface area contributed by atoms with Crippen LogP contribution < -0.4 is 10.1 Å². The van der Waals surface area contributed by atoms with E-state index in [1.807, 2.05) is 37.3 Å². The van der Waals surface area contributed by atoms with Crippen molar-refractivity contribution in [1.29, 1.82) is 0 Å². The molecule has 1 atom stereocenters. The van der Waals surface area contributed by atoms with Gasteiger partial charge in [-0.25, -0.2) is 0 Å². The average molecular weight is 251 g/mol. The Morgan fingerprint density at radius 2 is 2.00 bits per heavy atom. The summed E-state index contributed by atoms with van der Waals surface area (Å²) in [6, 6.07) is 9.23. The number of rotatable bonds is 6. The van der Waals surface area contributed by atoms with E-state index in [2.05, 4.69) is 5.32 Å². The molecule has 1 aromatic rings. The van der Waals surface area contributed by atoms with E-state index in [0.29, 0.717) is 12.2 Å². The molecule has 0 saturated carbocycles. The lowest BCUT2D eigenvalue weighted by Crippen LogP contribution is -2.51. The molecule has 1 amide bonds. The molecule has 4 heteroatoms. The molecule has 100 valence electrons. The first-order valence-corrected chi connectivity index (χ1v) is 6.13. The zero-order valence-electron chi connectivity index (χ0n) is 11.1. The molecule has 0 bridgehead atoms. The third-order valence-electron chi connectivity index (χ3n) is 2.54. The van der Waals surface area contributed by atoms with Gasteiger partial charge in [0.05, 0.1) is 12.1 Å². The van der Waals surface area contributed by atoms with Crippen molar-refractivity contribution in [2.24, 2.45) is 0 Å². The Labute approximate surface area is 108 Å². The van der Waals surface area contributed by atoms with Crippen molar-refractivity contribution in [2.75, 3.05) is 6.61 Å². The number of hydrogen-bond donors (Lipinski definition) is 2. The normalized spacial score (nSPS) is 12.9. The van der Waals surface area contributed by atoms with Crippen molar-refractivity contribution < 1.29 is 14.6 Å². The van der Waals surface area contributed by atoms with E-state index in [4.69, 9.17) is 9.84 Å². The summed E-state index contributed by atoms with van der Waals surface area (Å²) >= 11 is 0. The number of carbonyl (C=O) groups excluding carboxylic acids is 1. The first-order chi connectivity index (χ1) is 8.48. The highest BCUT2D eigenvalue weighted by atomic mass is 16.5. The lowest BCUT2D eigenvalue weighted by Gasteiger charge is -2.26. The van der Waals surface area contributed by atoms with Crippen molar-refractivity contribution in [3.8, 4) is 5.75 Å². The molecule has 1 aromatic carbocycles. The van der Waals surface area contributed by atoms with Gasteiger partial charge in [-0.2, -0.15) is 0 Å². The molecule has 0 fully saturated rings. The fourth-order valence-corrected chi connectivity index (χ4v) is 1.44. The van der Waals surface area contributed by atoms with Gasteiger partial charge in [-0.1, -0.05) is 25.1 Å². The minimum atomic E-state index is -0.634. The molecule has 0 saturated heterocycles. The molecular formula is C14H21NO3. The second-order valence-electron chi connectivity index (χ2n) is 4.86. The predicted molar refractivity (Wildman–Crippen MR) is 70.5 cm³/mol. The number of amides is 1. The third kappa shape index (κ3) is 4.37. The first-order valence-electron chi connectivity index (χ1n) is 6.13. The number of para-hydroxylation sites is 1. The predicted octanol–water partition coefficient (Wildman–Crippen LogP) is 1.73. The number of ether oxygens (including phenoxy) is 1. The smallest absolute Gasteiger partial charge is 0.261 e. The second kappa shape index (κ2) is 6.40. The van der Waals surface area contributed by atoms with Gasteiger partial charge in [0, 0.05) is 0 Å². The minimum Gasteiger partial charge on any atom is -0.481 e. The summed E-state index contributed by atoms with van der Waals surface area (Å²) in [7, 11) is 0. The summed E-state index contributed by atoms with van der Waals surface area (Å²) in [5, 5.41) is 11.9. The molecule has 0 aliphatic carbocycles. The lowest BCUT2D eigenvalue weighted by molar-refractivity contribution is -0.130. The Morgan fingerprint density at radius 1 is 1.39 bits per heavy atom. The number of aliphatic hydroxyl groups excluding tert-OH is 1. The van der Waals surface area contributed by atoms with Crippen LogP contribution >= 0.6 is 0 Å². The number of nitrogens with one attached hydrogen (secondary N) is 1. The van der Waals surface area contributed by atoms with Crippen LogP contribution in [0.4, 0.5) is 0 Å². The highest BCUT2D eigenvalue weighted by Crippen LogP contribution is 2.13. The van der Waals surface area contributed by atoms with Gasteiger partial charge in [0.2, 0.25) is 0 Å². The van der Waals surface area contributed by atoms with Gasteiger partial charge in [-0.05, 0) is 32.4 Å². The highest BCUT2D eigenvalue weighted by molar-refractivity contribution is 5.81. The van der Waals surface area contributed by atoms with Gasteiger partial charge in [0.15, 0.2) is 6.10 Å². The highest BCUT2D eigenvalue weighted by Gasteiger charge is 2.25. The summed E-state index contributed by atoms with van der Waals surface area (Å²) in [6.45, 7) is 5.31. The maximum atomic E-state index is 12.0. The van der Waals surface area contributed by atoms with Crippen molar-refractivity contribution in [3.05, 3.63) is 30.3 Å². The van der Waals surface area contributed by atoms with Crippen LogP contribution in [-0.2, 0) is 4.79 Å². The van der Waals surface area contributed by atoms with Gasteiger partial charge in [0.25, 0.3) is 5.91 Å². The van der Waals surface area contributed by atoms with E-state index in [1.54, 1.807) is 13.8 Å². The fourth-order valence-electron chi connectivity index (χ4n) is 1.44. The van der Waals surface area contributed by atoms with Crippen molar-refractivity contribution in [1.82, 2.24) is 5.32 Å². The zero-order valence-corrected chi connectivity index (χ0v) is 11.1. The molecule has 0 heterocycles. The van der Waals surface area contributed by atoms with Crippen LogP contribution in [0.5, 0.6) is 5.75 Å². The average Bonchev–Trinajstić information content (AvgIpc) is 2.36. The van der Waals surface area contributed by atoms with Crippen LogP contribution in [0.15, 0.2) is 30.3 Å². The third-order valence-corrected chi connectivity index (χ3v) is 2.54. The van der Waals surface area contributed by atoms with Gasteiger partial charge < -0.3 is 15.2 Å². The van der Waals surface area contributed by atoms with E-state index in [0.717, 1.165) is 0 Å². The van der Waals surface area contributed by atoms with Crippen molar-refractivity contribution in [2.45, 2.75) is 38.8 Å². The molecule has 2 N–H and O–H groups in total. The van der Waals surface area contributed by atoms with E-state index < -0.39 is 11.6 Å². The molecule has 0 aliphatic rings. The number of carbonyl (C=O) groups is 1. The van der Waals surface area contributed by atoms with Crippen LogP contribution in [-0.4, -0.2) is 29.3 Å². The molecule has 1 unspecified atom stereocenters. The van der Waals surface area contributed by atoms with Crippen molar-refractivity contribution >= 4 is 5.91 Å². The molecular weight excluding hydrogens is 230 g/mol. The standard InChI is InChI=1S/C14H21NO3/c1-4-12(13(17)15-14(2,3)10-16)18-11-8-6-5-7-9-11/h5-9,12,16H,4,10H2,1-3H3,(H,15,17). The first kappa shape index (κ1) is 14.5. The Bertz CT molecular complexity index is 376.